The number of carbonyl (C=O) groups excluding carboxylic acids is 1. The average molecular weight is 404 g/mol. The summed E-state index contributed by atoms with van der Waals surface area (Å²) in [5, 5.41) is 9.23. The van der Waals surface area contributed by atoms with E-state index < -0.39 is 33.1 Å². The van der Waals surface area contributed by atoms with Crippen molar-refractivity contribution in [2.75, 3.05) is 6.61 Å². The van der Waals surface area contributed by atoms with Gasteiger partial charge in [0.05, 0.1) is 12.2 Å². The topological polar surface area (TPSA) is 101 Å². The van der Waals surface area contributed by atoms with E-state index in [1.165, 1.54) is 36.4 Å². The number of benzene rings is 2. The Morgan fingerprint density at radius 1 is 1.11 bits per heavy atom. The SMILES string of the molecule is O=C(c1ccc(OCCc2cccc(C(F)(F)F)c2)cc1)C(O)S(=O)(=O)O. The second kappa shape index (κ2) is 8.07. The fraction of sp³-hybridized carbons (Fsp3) is 0.235. The van der Waals surface area contributed by atoms with Crippen molar-refractivity contribution in [3.05, 3.63) is 65.2 Å². The number of halogens is 3. The molecule has 1 unspecified atom stereocenters. The Kier molecular flexibility index (Phi) is 6.24. The molecule has 27 heavy (non-hydrogen) atoms. The first-order valence-electron chi connectivity index (χ1n) is 7.56. The van der Waals surface area contributed by atoms with Crippen LogP contribution in [0.5, 0.6) is 5.75 Å². The summed E-state index contributed by atoms with van der Waals surface area (Å²) in [4.78, 5) is 11.7. The molecule has 146 valence electrons. The lowest BCUT2D eigenvalue weighted by Gasteiger charge is -2.10. The lowest BCUT2D eigenvalue weighted by atomic mass is 10.1. The fourth-order valence-corrected chi connectivity index (χ4v) is 2.59. The molecule has 0 aliphatic heterocycles. The molecule has 0 aliphatic carbocycles. The molecule has 0 spiro atoms. The lowest BCUT2D eigenvalue weighted by molar-refractivity contribution is -0.137. The van der Waals surface area contributed by atoms with Crippen LogP contribution < -0.4 is 4.74 Å². The van der Waals surface area contributed by atoms with Gasteiger partial charge in [-0.2, -0.15) is 21.6 Å². The maximum absolute atomic E-state index is 12.7. The second-order valence-electron chi connectivity index (χ2n) is 5.55. The number of Topliss-reactive ketones (excluding diaryl/α,β-unsaturated/α-hetero) is 1. The first kappa shape index (κ1) is 20.9. The van der Waals surface area contributed by atoms with Crippen molar-refractivity contribution < 1.29 is 40.8 Å². The largest absolute Gasteiger partial charge is 0.493 e. The molecule has 0 amide bonds. The first-order valence-corrected chi connectivity index (χ1v) is 9.06. The van der Waals surface area contributed by atoms with Crippen LogP contribution in [-0.2, 0) is 22.7 Å². The summed E-state index contributed by atoms with van der Waals surface area (Å²) in [6, 6.07) is 9.89. The molecule has 6 nitrogen and oxygen atoms in total. The zero-order valence-electron chi connectivity index (χ0n) is 13.7. The van der Waals surface area contributed by atoms with Crippen LogP contribution >= 0.6 is 0 Å². The Balaban J connectivity index is 1.95. The lowest BCUT2D eigenvalue weighted by Crippen LogP contribution is -2.29. The van der Waals surface area contributed by atoms with E-state index in [9.17, 15) is 31.5 Å². The molecule has 1 atom stereocenters. The Hall–Kier alpha value is -2.43. The normalized spacial score (nSPS) is 13.2. The minimum Gasteiger partial charge on any atom is -0.493 e. The molecule has 10 heteroatoms. The number of hydrogen-bond acceptors (Lipinski definition) is 5. The number of hydrogen-bond donors (Lipinski definition) is 2. The van der Waals surface area contributed by atoms with Crippen LogP contribution in [0.3, 0.4) is 0 Å². The van der Waals surface area contributed by atoms with Gasteiger partial charge in [0.25, 0.3) is 10.1 Å². The molecular formula is C17H15F3O6S. The van der Waals surface area contributed by atoms with E-state index in [0.717, 1.165) is 12.1 Å². The number of alkyl halides is 3. The van der Waals surface area contributed by atoms with Crippen LogP contribution in [0.2, 0.25) is 0 Å². The highest BCUT2D eigenvalue weighted by molar-refractivity contribution is 7.87. The second-order valence-corrected chi connectivity index (χ2v) is 7.03. The molecule has 0 heterocycles. The van der Waals surface area contributed by atoms with Crippen LogP contribution in [0.25, 0.3) is 0 Å². The number of aliphatic hydroxyl groups is 1. The highest BCUT2D eigenvalue weighted by Gasteiger charge is 2.30. The molecule has 2 aromatic rings. The third-order valence-corrected chi connectivity index (χ3v) is 4.34. The van der Waals surface area contributed by atoms with E-state index in [-0.39, 0.29) is 18.6 Å². The van der Waals surface area contributed by atoms with E-state index in [1.807, 2.05) is 0 Å². The van der Waals surface area contributed by atoms with Crippen LogP contribution in [0, 0.1) is 0 Å². The molecule has 0 aliphatic rings. The zero-order valence-corrected chi connectivity index (χ0v) is 14.5. The number of ketones is 1. The minimum absolute atomic E-state index is 0.0717. The smallest absolute Gasteiger partial charge is 0.416 e. The van der Waals surface area contributed by atoms with E-state index in [0.29, 0.717) is 11.3 Å². The first-order chi connectivity index (χ1) is 12.5. The Morgan fingerprint density at radius 3 is 2.30 bits per heavy atom. The van der Waals surface area contributed by atoms with E-state index in [1.54, 1.807) is 0 Å². The quantitative estimate of drug-likeness (QED) is 0.544. The molecular weight excluding hydrogens is 389 g/mol. The highest BCUT2D eigenvalue weighted by atomic mass is 32.2. The number of carbonyl (C=O) groups is 1. The summed E-state index contributed by atoms with van der Waals surface area (Å²) in [6.07, 6.45) is -4.21. The number of rotatable bonds is 7. The highest BCUT2D eigenvalue weighted by Crippen LogP contribution is 2.29. The van der Waals surface area contributed by atoms with Crippen molar-refractivity contribution in [2.45, 2.75) is 18.0 Å². The summed E-state index contributed by atoms with van der Waals surface area (Å²) in [5.74, 6) is -0.909. The fourth-order valence-electron chi connectivity index (χ4n) is 2.18. The van der Waals surface area contributed by atoms with Gasteiger partial charge in [0.2, 0.25) is 11.2 Å². The van der Waals surface area contributed by atoms with Crippen molar-refractivity contribution in [1.29, 1.82) is 0 Å². The van der Waals surface area contributed by atoms with Crippen molar-refractivity contribution in [1.82, 2.24) is 0 Å². The van der Waals surface area contributed by atoms with Gasteiger partial charge in [0.15, 0.2) is 0 Å². The van der Waals surface area contributed by atoms with Gasteiger partial charge in [-0.15, -0.1) is 0 Å². The van der Waals surface area contributed by atoms with Crippen molar-refractivity contribution in [3.8, 4) is 5.75 Å². The molecule has 0 aromatic heterocycles. The van der Waals surface area contributed by atoms with E-state index in [2.05, 4.69) is 0 Å². The predicted molar refractivity (Wildman–Crippen MR) is 89.0 cm³/mol. The van der Waals surface area contributed by atoms with Gasteiger partial charge in [-0.3, -0.25) is 9.35 Å². The zero-order chi connectivity index (χ0) is 20.2. The summed E-state index contributed by atoms with van der Waals surface area (Å²) < 4.78 is 73.6. The van der Waals surface area contributed by atoms with Crippen LogP contribution in [0.1, 0.15) is 21.5 Å². The Morgan fingerprint density at radius 2 is 1.74 bits per heavy atom. The predicted octanol–water partition coefficient (Wildman–Crippen LogP) is 2.72. The average Bonchev–Trinajstić information content (AvgIpc) is 2.60. The molecule has 0 radical (unpaired) electrons. The monoisotopic (exact) mass is 404 g/mol. The number of aliphatic hydroxyl groups excluding tert-OH is 1. The van der Waals surface area contributed by atoms with Crippen LogP contribution in [0.15, 0.2) is 48.5 Å². The molecule has 0 saturated carbocycles. The van der Waals surface area contributed by atoms with Crippen molar-refractivity contribution in [2.24, 2.45) is 0 Å². The van der Waals surface area contributed by atoms with Crippen molar-refractivity contribution >= 4 is 15.9 Å². The molecule has 2 N–H and O–H groups in total. The summed E-state index contributed by atoms with van der Waals surface area (Å²) >= 11 is 0. The van der Waals surface area contributed by atoms with E-state index >= 15 is 0 Å². The van der Waals surface area contributed by atoms with Gasteiger partial charge in [-0.05, 0) is 35.9 Å². The third kappa shape index (κ3) is 5.78. The van der Waals surface area contributed by atoms with E-state index in [4.69, 9.17) is 9.29 Å². The minimum atomic E-state index is -4.92. The van der Waals surface area contributed by atoms with Crippen LogP contribution in [0.4, 0.5) is 13.2 Å². The van der Waals surface area contributed by atoms with Gasteiger partial charge in [-0.1, -0.05) is 18.2 Å². The molecule has 0 saturated heterocycles. The Labute approximate surface area is 153 Å². The molecule has 2 aromatic carbocycles. The summed E-state index contributed by atoms with van der Waals surface area (Å²) in [6.45, 7) is 0.0717. The van der Waals surface area contributed by atoms with Crippen molar-refractivity contribution in [3.63, 3.8) is 0 Å². The molecule has 0 fully saturated rings. The third-order valence-electron chi connectivity index (χ3n) is 3.56. The number of ether oxygens (including phenoxy) is 1. The van der Waals surface area contributed by atoms with Gasteiger partial charge in [0, 0.05) is 12.0 Å². The maximum Gasteiger partial charge on any atom is 0.416 e. The molecule has 2 rings (SSSR count). The summed E-state index contributed by atoms with van der Waals surface area (Å²) in [5.41, 5.74) is -3.05. The standard InChI is InChI=1S/C17H15F3O6S/c18-17(19,20)13-3-1-2-11(10-13)8-9-26-14-6-4-12(5-7-14)15(21)16(22)27(23,24)25/h1-7,10,16,22H,8-9H2,(H,23,24,25). The van der Waals surface area contributed by atoms with Gasteiger partial charge < -0.3 is 9.84 Å². The van der Waals surface area contributed by atoms with Gasteiger partial charge in [-0.25, -0.2) is 0 Å². The van der Waals surface area contributed by atoms with Gasteiger partial charge >= 0.3 is 6.18 Å². The Bertz CT molecular complexity index is 907. The van der Waals surface area contributed by atoms with Crippen LogP contribution in [-0.4, -0.2) is 35.9 Å². The summed E-state index contributed by atoms with van der Waals surface area (Å²) in [7, 11) is -4.92. The van der Waals surface area contributed by atoms with Gasteiger partial charge in [0.1, 0.15) is 5.75 Å². The molecule has 0 bridgehead atoms. The maximum atomic E-state index is 12.7.